The van der Waals surface area contributed by atoms with Gasteiger partial charge < -0.3 is 0 Å². The molecule has 0 radical (unpaired) electrons. The zero-order valence-electron chi connectivity index (χ0n) is 9.48. The summed E-state index contributed by atoms with van der Waals surface area (Å²) in [5, 5.41) is 8.54. The van der Waals surface area contributed by atoms with Gasteiger partial charge in [-0.05, 0) is 0 Å². The van der Waals surface area contributed by atoms with E-state index in [0.29, 0.717) is 5.56 Å². The van der Waals surface area contributed by atoms with E-state index >= 15 is 0 Å². The molecule has 0 amide bonds. The Balaban J connectivity index is 2.75. The van der Waals surface area contributed by atoms with Crippen molar-refractivity contribution in [1.82, 2.24) is 0 Å². The molecule has 1 rings (SSSR count). The second-order valence-corrected chi connectivity index (χ2v) is 6.02. The van der Waals surface area contributed by atoms with E-state index in [9.17, 15) is 4.79 Å². The van der Waals surface area contributed by atoms with Gasteiger partial charge in [-0.2, -0.15) is 0 Å². The fourth-order valence-electron chi connectivity index (χ4n) is 1.05. The Labute approximate surface area is 102 Å². The van der Waals surface area contributed by atoms with Gasteiger partial charge >= 0.3 is 101 Å². The van der Waals surface area contributed by atoms with Crippen LogP contribution in [0.4, 0.5) is 0 Å². The van der Waals surface area contributed by atoms with Gasteiger partial charge in [0.15, 0.2) is 0 Å². The molecule has 0 aliphatic heterocycles. The standard InChI is InChI=1S/C12H13NO2Se/c1-12(2,3)15-11(14)9-4-6-10(7-5-9)16-8-13/h4-7H,1-3H3. The van der Waals surface area contributed by atoms with E-state index in [1.165, 1.54) is 0 Å². The maximum absolute atomic E-state index is 11.6. The molecule has 0 fully saturated rings. The molecule has 0 bridgehead atoms. The molecular weight excluding hydrogens is 269 g/mol. The number of esters is 1. The van der Waals surface area contributed by atoms with Crippen LogP contribution in [-0.2, 0) is 4.74 Å². The normalized spacial score (nSPS) is 10.6. The molecule has 0 N–H and O–H groups in total. The number of ether oxygens (including phenoxy) is 1. The summed E-state index contributed by atoms with van der Waals surface area (Å²) in [7, 11) is 0. The molecule has 0 spiro atoms. The Hall–Kier alpha value is -1.30. The topological polar surface area (TPSA) is 50.1 Å². The Kier molecular flexibility index (Phi) is 4.11. The monoisotopic (exact) mass is 283 g/mol. The fourth-order valence-corrected chi connectivity index (χ4v) is 1.84. The number of nitrogens with zero attached hydrogens (tertiary/aromatic N) is 1. The minimum atomic E-state index is -0.480. The van der Waals surface area contributed by atoms with E-state index in [2.05, 4.69) is 4.97 Å². The third kappa shape index (κ3) is 4.06. The zero-order chi connectivity index (χ0) is 12.2. The number of hydrogen-bond donors (Lipinski definition) is 0. The second kappa shape index (κ2) is 5.16. The number of rotatable bonds is 2. The van der Waals surface area contributed by atoms with Crippen LogP contribution in [-0.4, -0.2) is 26.5 Å². The fraction of sp³-hybridized carbons (Fsp3) is 0.333. The molecule has 0 aliphatic carbocycles. The van der Waals surface area contributed by atoms with E-state index in [1.54, 1.807) is 24.3 Å². The van der Waals surface area contributed by atoms with E-state index < -0.39 is 5.60 Å². The van der Waals surface area contributed by atoms with Gasteiger partial charge in [0, 0.05) is 0 Å². The first-order valence-corrected chi connectivity index (χ1v) is 6.53. The molecule has 4 heteroatoms. The van der Waals surface area contributed by atoms with Crippen molar-refractivity contribution in [1.29, 1.82) is 5.26 Å². The van der Waals surface area contributed by atoms with E-state index in [4.69, 9.17) is 10.00 Å². The molecule has 84 valence electrons. The molecule has 0 heterocycles. The van der Waals surface area contributed by atoms with Crippen LogP contribution in [0.3, 0.4) is 0 Å². The van der Waals surface area contributed by atoms with Gasteiger partial charge in [-0.1, -0.05) is 0 Å². The Morgan fingerprint density at radius 2 is 1.88 bits per heavy atom. The summed E-state index contributed by atoms with van der Waals surface area (Å²) in [4.78, 5) is 13.8. The minimum absolute atomic E-state index is 0.174. The predicted octanol–water partition coefficient (Wildman–Crippen LogP) is 1.45. The maximum atomic E-state index is 11.6. The van der Waals surface area contributed by atoms with Crippen LogP contribution in [0.2, 0.25) is 0 Å². The van der Waals surface area contributed by atoms with Crippen LogP contribution in [0.15, 0.2) is 24.3 Å². The van der Waals surface area contributed by atoms with Crippen molar-refractivity contribution in [3.05, 3.63) is 29.8 Å². The van der Waals surface area contributed by atoms with Crippen molar-refractivity contribution >= 4 is 25.4 Å². The number of hydrogen-bond acceptors (Lipinski definition) is 3. The summed E-state index contributed by atoms with van der Waals surface area (Å²) < 4.78 is 6.19. The summed E-state index contributed by atoms with van der Waals surface area (Å²) in [6.45, 7) is 5.49. The predicted molar refractivity (Wildman–Crippen MR) is 62.6 cm³/mol. The molecule has 0 aromatic heterocycles. The molecular formula is C12H13NO2Se. The SMILES string of the molecule is CC(C)(C)OC(=O)c1ccc([Se]C#N)cc1. The van der Waals surface area contributed by atoms with E-state index in [1.807, 2.05) is 20.8 Å². The van der Waals surface area contributed by atoms with Crippen LogP contribution in [0.1, 0.15) is 31.1 Å². The van der Waals surface area contributed by atoms with Gasteiger partial charge in [-0.25, -0.2) is 0 Å². The van der Waals surface area contributed by atoms with Crippen LogP contribution < -0.4 is 4.46 Å². The summed E-state index contributed by atoms with van der Waals surface area (Å²) in [5.74, 6) is -0.330. The van der Waals surface area contributed by atoms with Crippen molar-refractivity contribution in [3.8, 4) is 4.97 Å². The van der Waals surface area contributed by atoms with Gasteiger partial charge in [0.05, 0.1) is 0 Å². The van der Waals surface area contributed by atoms with Crippen molar-refractivity contribution in [2.75, 3.05) is 0 Å². The van der Waals surface area contributed by atoms with Gasteiger partial charge in [0.25, 0.3) is 0 Å². The van der Waals surface area contributed by atoms with Crippen molar-refractivity contribution < 1.29 is 9.53 Å². The first kappa shape index (κ1) is 12.8. The molecule has 1 aromatic rings. The summed E-state index contributed by atoms with van der Waals surface area (Å²) in [6, 6.07) is 6.98. The average molecular weight is 282 g/mol. The number of nitriles is 1. The summed E-state index contributed by atoms with van der Waals surface area (Å²) >= 11 is -0.174. The van der Waals surface area contributed by atoms with Gasteiger partial charge in [-0.15, -0.1) is 0 Å². The summed E-state index contributed by atoms with van der Waals surface area (Å²) in [5.41, 5.74) is 0.0409. The zero-order valence-corrected chi connectivity index (χ0v) is 11.2. The molecule has 0 atom stereocenters. The molecule has 0 saturated heterocycles. The van der Waals surface area contributed by atoms with Gasteiger partial charge in [-0.3, -0.25) is 0 Å². The Bertz CT molecular complexity index is 412. The van der Waals surface area contributed by atoms with Gasteiger partial charge in [0.2, 0.25) is 0 Å². The van der Waals surface area contributed by atoms with Crippen LogP contribution in [0, 0.1) is 10.2 Å². The van der Waals surface area contributed by atoms with Gasteiger partial charge in [0.1, 0.15) is 0 Å². The first-order valence-electron chi connectivity index (χ1n) is 4.82. The molecule has 1 aromatic carbocycles. The third-order valence-corrected chi connectivity index (χ3v) is 2.91. The van der Waals surface area contributed by atoms with E-state index in [-0.39, 0.29) is 20.9 Å². The first-order chi connectivity index (χ1) is 7.42. The number of benzene rings is 1. The molecule has 0 unspecified atom stereocenters. The van der Waals surface area contributed by atoms with Crippen LogP contribution in [0.5, 0.6) is 0 Å². The quantitative estimate of drug-likeness (QED) is 0.609. The molecule has 0 aliphatic rings. The Morgan fingerprint density at radius 1 is 1.31 bits per heavy atom. The van der Waals surface area contributed by atoms with Crippen molar-refractivity contribution in [2.24, 2.45) is 0 Å². The molecule has 16 heavy (non-hydrogen) atoms. The van der Waals surface area contributed by atoms with Crippen molar-refractivity contribution in [3.63, 3.8) is 0 Å². The van der Waals surface area contributed by atoms with Crippen LogP contribution in [0.25, 0.3) is 0 Å². The average Bonchev–Trinajstić information content (AvgIpc) is 2.16. The third-order valence-electron chi connectivity index (χ3n) is 1.65. The van der Waals surface area contributed by atoms with Crippen LogP contribution >= 0.6 is 0 Å². The number of carbonyl (C=O) groups excluding carboxylic acids is 1. The van der Waals surface area contributed by atoms with Crippen molar-refractivity contribution in [2.45, 2.75) is 26.4 Å². The second-order valence-electron chi connectivity index (χ2n) is 4.22. The summed E-state index contributed by atoms with van der Waals surface area (Å²) in [6.07, 6.45) is 0. The number of carbonyl (C=O) groups is 1. The molecule has 3 nitrogen and oxygen atoms in total. The Morgan fingerprint density at radius 3 is 2.31 bits per heavy atom. The molecule has 0 saturated carbocycles. The van der Waals surface area contributed by atoms with E-state index in [0.717, 1.165) is 4.46 Å².